The Hall–Kier alpha value is -4.49. The van der Waals surface area contributed by atoms with Gasteiger partial charge in [-0.15, -0.1) is 0 Å². The van der Waals surface area contributed by atoms with E-state index in [1.807, 2.05) is 13.0 Å². The van der Waals surface area contributed by atoms with Crippen LogP contribution in [0, 0.1) is 16.0 Å². The van der Waals surface area contributed by atoms with Gasteiger partial charge in [0.15, 0.2) is 16.7 Å². The number of ketones is 1. The van der Waals surface area contributed by atoms with Crippen molar-refractivity contribution in [2.75, 3.05) is 4.90 Å². The molecule has 2 unspecified atom stereocenters. The van der Waals surface area contributed by atoms with Crippen molar-refractivity contribution in [1.29, 1.82) is 0 Å². The van der Waals surface area contributed by atoms with Gasteiger partial charge in [-0.1, -0.05) is 42.6 Å². The molecule has 0 saturated carbocycles. The molecule has 3 aromatic rings. The Morgan fingerprint density at radius 1 is 1.21 bits per heavy atom. The lowest BCUT2D eigenvalue weighted by molar-refractivity contribution is -0.384. The lowest BCUT2D eigenvalue weighted by atomic mass is 9.89. The Kier molecular flexibility index (Phi) is 6.70. The second-order valence-electron chi connectivity index (χ2n) is 8.90. The summed E-state index contributed by atoms with van der Waals surface area (Å²) in [7, 11) is -4.13. The first-order valence-corrected chi connectivity index (χ1v) is 13.9. The predicted octanol–water partition coefficient (Wildman–Crippen LogP) is 4.27. The van der Waals surface area contributed by atoms with E-state index in [0.717, 1.165) is 35.4 Å². The number of nitrogens with zero attached hydrogens (tertiary/aromatic N) is 4. The van der Waals surface area contributed by atoms with Gasteiger partial charge in [0.1, 0.15) is 4.21 Å². The lowest BCUT2D eigenvalue weighted by Gasteiger charge is -2.24. The Bertz CT molecular complexity index is 1690. The average molecular weight is 565 g/mol. The first-order valence-electron chi connectivity index (χ1n) is 11.6. The SMILES string of the molecule is CC1C=CC(C(=O)C2=C(O)C(=O)N(c3ncc(S(=O)(=O)c4ccc([N+](=O)[O-])cc4)s3)C2c2cccnc2)=CC1. The van der Waals surface area contributed by atoms with Gasteiger partial charge in [0.05, 0.1) is 27.6 Å². The summed E-state index contributed by atoms with van der Waals surface area (Å²) in [6.45, 7) is 2.00. The highest BCUT2D eigenvalue weighted by Crippen LogP contribution is 2.44. The minimum atomic E-state index is -4.13. The Morgan fingerprint density at radius 2 is 1.95 bits per heavy atom. The number of nitro benzene ring substituents is 1. The quantitative estimate of drug-likeness (QED) is 0.326. The summed E-state index contributed by atoms with van der Waals surface area (Å²) in [5.74, 6) is -1.95. The van der Waals surface area contributed by atoms with Crippen LogP contribution >= 0.6 is 11.3 Å². The molecular weight excluding hydrogens is 544 g/mol. The molecule has 0 saturated heterocycles. The zero-order valence-corrected chi connectivity index (χ0v) is 21.9. The van der Waals surface area contributed by atoms with Crippen LogP contribution < -0.4 is 4.90 Å². The maximum absolute atomic E-state index is 13.6. The number of hydrogen-bond donors (Lipinski definition) is 1. The summed E-state index contributed by atoms with van der Waals surface area (Å²) in [6.07, 6.45) is 9.93. The molecule has 2 aliphatic rings. The van der Waals surface area contributed by atoms with E-state index in [9.17, 15) is 33.2 Å². The van der Waals surface area contributed by atoms with Crippen LogP contribution in [0.25, 0.3) is 0 Å². The molecule has 0 bridgehead atoms. The molecule has 5 rings (SSSR count). The molecule has 1 aliphatic heterocycles. The summed E-state index contributed by atoms with van der Waals surface area (Å²) in [6, 6.07) is 6.53. The number of Topliss-reactive ketones (excluding diaryl/α,β-unsaturated/α-hetero) is 1. The summed E-state index contributed by atoms with van der Waals surface area (Å²) in [5.41, 5.74) is 0.325. The number of anilines is 1. The third-order valence-electron chi connectivity index (χ3n) is 6.33. The van der Waals surface area contributed by atoms with Crippen LogP contribution in [-0.2, 0) is 19.4 Å². The normalized spacial score (nSPS) is 19.4. The van der Waals surface area contributed by atoms with Crippen LogP contribution in [0.5, 0.6) is 0 Å². The number of carbonyl (C=O) groups is 2. The van der Waals surface area contributed by atoms with Crippen LogP contribution in [0.15, 0.2) is 99.2 Å². The van der Waals surface area contributed by atoms with Crippen molar-refractivity contribution in [1.82, 2.24) is 9.97 Å². The van der Waals surface area contributed by atoms with E-state index in [2.05, 4.69) is 9.97 Å². The van der Waals surface area contributed by atoms with Crippen molar-refractivity contribution in [2.45, 2.75) is 28.5 Å². The molecule has 2 aromatic heterocycles. The number of allylic oxidation sites excluding steroid dienone is 4. The third kappa shape index (κ3) is 4.66. The van der Waals surface area contributed by atoms with E-state index < -0.39 is 38.3 Å². The Labute approximate surface area is 226 Å². The summed E-state index contributed by atoms with van der Waals surface area (Å²) < 4.78 is 26.2. The van der Waals surface area contributed by atoms with Crippen LogP contribution in [0.3, 0.4) is 0 Å². The number of aliphatic hydroxyl groups is 1. The number of aromatic nitrogens is 2. The molecule has 198 valence electrons. The molecule has 1 aromatic carbocycles. The molecule has 39 heavy (non-hydrogen) atoms. The molecule has 2 atom stereocenters. The van der Waals surface area contributed by atoms with Crippen molar-refractivity contribution in [3.8, 4) is 0 Å². The number of benzene rings is 1. The molecule has 11 nitrogen and oxygen atoms in total. The van der Waals surface area contributed by atoms with Gasteiger partial charge in [0, 0.05) is 30.1 Å². The fraction of sp³-hybridized carbons (Fsp3) is 0.154. The fourth-order valence-corrected chi connectivity index (χ4v) is 6.84. The Balaban J connectivity index is 1.55. The minimum Gasteiger partial charge on any atom is -0.503 e. The van der Waals surface area contributed by atoms with Crippen LogP contribution in [-0.4, -0.2) is 40.1 Å². The number of sulfone groups is 1. The standard InChI is InChI=1S/C26H20N4O7S2/c1-15-4-6-16(7-5-15)23(31)21-22(17-3-2-12-27-13-17)29(25(33)24(21)32)26-28-14-20(38-26)39(36,37)19-10-8-18(9-11-19)30(34)35/h2-4,6-15,22,32H,5H2,1H3. The highest BCUT2D eigenvalue weighted by atomic mass is 32.2. The van der Waals surface area contributed by atoms with E-state index >= 15 is 0 Å². The van der Waals surface area contributed by atoms with Gasteiger partial charge in [-0.25, -0.2) is 13.4 Å². The number of aliphatic hydroxyl groups excluding tert-OH is 1. The average Bonchev–Trinajstić information content (AvgIpc) is 3.53. The monoisotopic (exact) mass is 564 g/mol. The number of rotatable bonds is 7. The number of hydrogen-bond acceptors (Lipinski definition) is 10. The Morgan fingerprint density at radius 3 is 2.56 bits per heavy atom. The lowest BCUT2D eigenvalue weighted by Crippen LogP contribution is -2.31. The third-order valence-corrected chi connectivity index (χ3v) is 9.56. The molecule has 1 amide bonds. The number of nitro groups is 1. The van der Waals surface area contributed by atoms with Crippen molar-refractivity contribution < 1.29 is 28.0 Å². The molecule has 13 heteroatoms. The number of pyridine rings is 1. The van der Waals surface area contributed by atoms with Gasteiger partial charge < -0.3 is 5.11 Å². The van der Waals surface area contributed by atoms with E-state index in [4.69, 9.17) is 0 Å². The summed E-state index contributed by atoms with van der Waals surface area (Å²) in [4.78, 5) is 46.3. The maximum atomic E-state index is 13.6. The molecule has 0 fully saturated rings. The minimum absolute atomic E-state index is 0.0644. The molecular formula is C26H20N4O7S2. The van der Waals surface area contributed by atoms with Gasteiger partial charge in [-0.2, -0.15) is 0 Å². The summed E-state index contributed by atoms with van der Waals surface area (Å²) >= 11 is 0.670. The van der Waals surface area contributed by atoms with E-state index in [0.29, 0.717) is 28.9 Å². The van der Waals surface area contributed by atoms with Crippen molar-refractivity contribution in [3.63, 3.8) is 0 Å². The van der Waals surface area contributed by atoms with Gasteiger partial charge in [0.25, 0.3) is 11.6 Å². The van der Waals surface area contributed by atoms with Gasteiger partial charge in [-0.05, 0) is 36.1 Å². The highest BCUT2D eigenvalue weighted by molar-refractivity contribution is 7.93. The zero-order chi connectivity index (χ0) is 27.9. The van der Waals surface area contributed by atoms with Crippen LogP contribution in [0.1, 0.15) is 24.9 Å². The number of amides is 1. The fourth-order valence-electron chi connectivity index (χ4n) is 4.29. The second kappa shape index (κ2) is 10.0. The van der Waals surface area contributed by atoms with Crippen LogP contribution in [0.4, 0.5) is 10.8 Å². The largest absolute Gasteiger partial charge is 0.503 e. The van der Waals surface area contributed by atoms with E-state index in [-0.39, 0.29) is 31.4 Å². The van der Waals surface area contributed by atoms with Gasteiger partial charge in [0.2, 0.25) is 9.84 Å². The summed E-state index contributed by atoms with van der Waals surface area (Å²) in [5, 5.41) is 21.8. The number of non-ortho nitro benzene ring substituents is 1. The van der Waals surface area contributed by atoms with Crippen molar-refractivity contribution in [3.05, 3.63) is 106 Å². The van der Waals surface area contributed by atoms with Gasteiger partial charge in [-0.3, -0.25) is 29.6 Å². The number of thiazole rings is 1. The van der Waals surface area contributed by atoms with Crippen molar-refractivity contribution in [2.24, 2.45) is 5.92 Å². The molecule has 0 radical (unpaired) electrons. The first kappa shape index (κ1) is 26.1. The predicted molar refractivity (Wildman–Crippen MR) is 141 cm³/mol. The highest BCUT2D eigenvalue weighted by Gasteiger charge is 2.46. The van der Waals surface area contributed by atoms with E-state index in [1.165, 1.54) is 12.4 Å². The number of carbonyl (C=O) groups excluding carboxylic acids is 2. The van der Waals surface area contributed by atoms with Crippen molar-refractivity contribution >= 4 is 43.7 Å². The molecule has 1 aliphatic carbocycles. The smallest absolute Gasteiger partial charge is 0.296 e. The topological polar surface area (TPSA) is 161 Å². The van der Waals surface area contributed by atoms with Crippen LogP contribution in [0.2, 0.25) is 0 Å². The second-order valence-corrected chi connectivity index (χ2v) is 12.1. The van der Waals surface area contributed by atoms with E-state index in [1.54, 1.807) is 24.3 Å². The zero-order valence-electron chi connectivity index (χ0n) is 20.3. The molecule has 0 spiro atoms. The first-order chi connectivity index (χ1) is 18.6. The van der Waals surface area contributed by atoms with Gasteiger partial charge >= 0.3 is 0 Å². The maximum Gasteiger partial charge on any atom is 0.296 e. The molecule has 3 heterocycles. The molecule has 1 N–H and O–H groups in total.